The van der Waals surface area contributed by atoms with Crippen LogP contribution in [0.1, 0.15) is 5.89 Å². The summed E-state index contributed by atoms with van der Waals surface area (Å²) in [6.07, 6.45) is 1.78. The highest BCUT2D eigenvalue weighted by atomic mass is 35.5. The van der Waals surface area contributed by atoms with Crippen LogP contribution in [0, 0.1) is 0 Å². The third kappa shape index (κ3) is 4.10. The number of para-hydroxylation sites is 2. The molecule has 0 aliphatic carbocycles. The third-order valence-corrected chi connectivity index (χ3v) is 5.09. The van der Waals surface area contributed by atoms with Crippen LogP contribution in [-0.2, 0) is 6.54 Å². The van der Waals surface area contributed by atoms with Crippen molar-refractivity contribution >= 4 is 17.3 Å². The van der Waals surface area contributed by atoms with Gasteiger partial charge in [0, 0.05) is 36.8 Å². The Kier molecular flexibility index (Phi) is 5.32. The quantitative estimate of drug-likeness (QED) is 0.656. The summed E-state index contributed by atoms with van der Waals surface area (Å²) in [5, 5.41) is 0.714. The first-order chi connectivity index (χ1) is 13.2. The summed E-state index contributed by atoms with van der Waals surface area (Å²) in [5.74, 6) is 2.44. The van der Waals surface area contributed by atoms with E-state index < -0.39 is 0 Å². The largest absolute Gasteiger partial charge is 0.495 e. The average molecular weight is 384 g/mol. The van der Waals surface area contributed by atoms with Crippen LogP contribution in [0.5, 0.6) is 5.75 Å². The molecule has 0 bridgehead atoms. The van der Waals surface area contributed by atoms with Crippen LogP contribution in [-0.4, -0.2) is 43.2 Å². The van der Waals surface area contributed by atoms with Gasteiger partial charge in [0.15, 0.2) is 5.76 Å². The topological polar surface area (TPSA) is 41.7 Å². The Morgan fingerprint density at radius 1 is 1.04 bits per heavy atom. The molecular formula is C21H22ClN3O2. The highest BCUT2D eigenvalue weighted by molar-refractivity contribution is 6.30. The van der Waals surface area contributed by atoms with E-state index in [4.69, 9.17) is 20.8 Å². The molecule has 3 aromatic rings. The lowest BCUT2D eigenvalue weighted by Crippen LogP contribution is -2.46. The summed E-state index contributed by atoms with van der Waals surface area (Å²) in [7, 11) is 1.72. The Morgan fingerprint density at radius 3 is 2.52 bits per heavy atom. The second-order valence-electron chi connectivity index (χ2n) is 6.56. The van der Waals surface area contributed by atoms with Gasteiger partial charge in [0.1, 0.15) is 5.75 Å². The van der Waals surface area contributed by atoms with Crippen molar-refractivity contribution in [3.8, 4) is 17.1 Å². The second-order valence-corrected chi connectivity index (χ2v) is 7.00. The molecule has 0 radical (unpaired) electrons. The summed E-state index contributed by atoms with van der Waals surface area (Å²) in [5.41, 5.74) is 2.14. The van der Waals surface area contributed by atoms with E-state index in [-0.39, 0.29) is 0 Å². The van der Waals surface area contributed by atoms with Gasteiger partial charge >= 0.3 is 0 Å². The normalized spacial score (nSPS) is 15.1. The number of oxazole rings is 1. The fourth-order valence-corrected chi connectivity index (χ4v) is 3.49. The highest BCUT2D eigenvalue weighted by Gasteiger charge is 2.21. The number of hydrogen-bond donors (Lipinski definition) is 0. The van der Waals surface area contributed by atoms with Gasteiger partial charge in [-0.15, -0.1) is 0 Å². The average Bonchev–Trinajstić information content (AvgIpc) is 3.17. The number of anilines is 1. The van der Waals surface area contributed by atoms with Crippen LogP contribution in [0.3, 0.4) is 0 Å². The molecule has 0 amide bonds. The van der Waals surface area contributed by atoms with E-state index in [1.54, 1.807) is 13.3 Å². The first-order valence-corrected chi connectivity index (χ1v) is 9.42. The van der Waals surface area contributed by atoms with Crippen molar-refractivity contribution < 1.29 is 9.15 Å². The standard InChI is InChI=1S/C21H22ClN3O2/c1-26-19-5-3-2-4-18(19)25-12-10-24(11-13-25)15-21-23-14-20(27-21)16-6-8-17(22)9-7-16/h2-9,14H,10-13,15H2,1H3. The molecule has 1 aliphatic heterocycles. The molecule has 2 heterocycles. The molecule has 1 fully saturated rings. The Hall–Kier alpha value is -2.50. The van der Waals surface area contributed by atoms with E-state index in [0.717, 1.165) is 54.8 Å². The lowest BCUT2D eigenvalue weighted by Gasteiger charge is -2.36. The summed E-state index contributed by atoms with van der Waals surface area (Å²) in [6.45, 7) is 4.52. The molecule has 0 unspecified atom stereocenters. The number of methoxy groups -OCH3 is 1. The molecule has 0 atom stereocenters. The Bertz CT molecular complexity index is 886. The molecule has 4 rings (SSSR count). The predicted octanol–water partition coefficient (Wildman–Crippen LogP) is 4.33. The molecule has 0 N–H and O–H groups in total. The molecule has 5 nitrogen and oxygen atoms in total. The summed E-state index contributed by atoms with van der Waals surface area (Å²) in [6, 6.07) is 15.8. The summed E-state index contributed by atoms with van der Waals surface area (Å²) < 4.78 is 11.4. The fourth-order valence-electron chi connectivity index (χ4n) is 3.36. The van der Waals surface area contributed by atoms with Gasteiger partial charge in [-0.25, -0.2) is 4.98 Å². The minimum absolute atomic E-state index is 0.714. The number of halogens is 1. The van der Waals surface area contributed by atoms with Crippen LogP contribution in [0.25, 0.3) is 11.3 Å². The molecule has 6 heteroatoms. The van der Waals surface area contributed by atoms with Crippen molar-refractivity contribution in [2.24, 2.45) is 0 Å². The van der Waals surface area contributed by atoms with Crippen molar-refractivity contribution in [2.75, 3.05) is 38.2 Å². The van der Waals surface area contributed by atoms with E-state index >= 15 is 0 Å². The first-order valence-electron chi connectivity index (χ1n) is 9.04. The monoisotopic (exact) mass is 383 g/mol. The minimum atomic E-state index is 0.714. The van der Waals surface area contributed by atoms with Crippen molar-refractivity contribution in [3.63, 3.8) is 0 Å². The van der Waals surface area contributed by atoms with Crippen molar-refractivity contribution in [3.05, 3.63) is 65.6 Å². The zero-order valence-electron chi connectivity index (χ0n) is 15.3. The molecule has 2 aromatic carbocycles. The lowest BCUT2D eigenvalue weighted by atomic mass is 10.2. The van der Waals surface area contributed by atoms with Gasteiger partial charge in [-0.2, -0.15) is 0 Å². The zero-order valence-corrected chi connectivity index (χ0v) is 16.0. The molecule has 1 aliphatic rings. The lowest BCUT2D eigenvalue weighted by molar-refractivity contribution is 0.226. The maximum absolute atomic E-state index is 5.94. The molecule has 0 spiro atoms. The van der Waals surface area contributed by atoms with E-state index in [1.807, 2.05) is 36.4 Å². The van der Waals surface area contributed by atoms with E-state index in [2.05, 4.69) is 26.9 Å². The third-order valence-electron chi connectivity index (χ3n) is 4.84. The van der Waals surface area contributed by atoms with Gasteiger partial charge in [0.2, 0.25) is 5.89 Å². The molecular weight excluding hydrogens is 362 g/mol. The Balaban J connectivity index is 1.36. The van der Waals surface area contributed by atoms with E-state index in [0.29, 0.717) is 11.6 Å². The predicted molar refractivity (Wildman–Crippen MR) is 107 cm³/mol. The van der Waals surface area contributed by atoms with Crippen LogP contribution in [0.15, 0.2) is 59.1 Å². The van der Waals surface area contributed by atoms with Crippen LogP contribution >= 0.6 is 11.6 Å². The van der Waals surface area contributed by atoms with E-state index in [1.165, 1.54) is 0 Å². The molecule has 27 heavy (non-hydrogen) atoms. The van der Waals surface area contributed by atoms with Crippen LogP contribution < -0.4 is 9.64 Å². The van der Waals surface area contributed by atoms with Crippen molar-refractivity contribution in [1.82, 2.24) is 9.88 Å². The molecule has 1 aromatic heterocycles. The molecule has 1 saturated heterocycles. The van der Waals surface area contributed by atoms with Crippen LogP contribution in [0.2, 0.25) is 5.02 Å². The number of hydrogen-bond acceptors (Lipinski definition) is 5. The maximum Gasteiger partial charge on any atom is 0.209 e. The zero-order chi connectivity index (χ0) is 18.6. The van der Waals surface area contributed by atoms with Gasteiger partial charge in [-0.1, -0.05) is 23.7 Å². The first kappa shape index (κ1) is 17.9. The SMILES string of the molecule is COc1ccccc1N1CCN(Cc2ncc(-c3ccc(Cl)cc3)o2)CC1. The van der Waals surface area contributed by atoms with Gasteiger partial charge in [0.25, 0.3) is 0 Å². The number of aromatic nitrogens is 1. The Morgan fingerprint density at radius 2 is 1.78 bits per heavy atom. The van der Waals surface area contributed by atoms with Gasteiger partial charge in [-0.3, -0.25) is 4.90 Å². The van der Waals surface area contributed by atoms with Crippen molar-refractivity contribution in [1.29, 1.82) is 0 Å². The minimum Gasteiger partial charge on any atom is -0.495 e. The Labute approximate surface area is 164 Å². The maximum atomic E-state index is 5.94. The summed E-state index contributed by atoms with van der Waals surface area (Å²) in [4.78, 5) is 9.17. The van der Waals surface area contributed by atoms with E-state index in [9.17, 15) is 0 Å². The summed E-state index contributed by atoms with van der Waals surface area (Å²) >= 11 is 5.94. The molecule has 0 saturated carbocycles. The number of piperazine rings is 1. The van der Waals surface area contributed by atoms with Gasteiger partial charge < -0.3 is 14.1 Å². The molecule has 140 valence electrons. The number of benzene rings is 2. The van der Waals surface area contributed by atoms with Gasteiger partial charge in [0.05, 0.1) is 25.5 Å². The number of ether oxygens (including phenoxy) is 1. The second kappa shape index (κ2) is 8.03. The number of rotatable bonds is 5. The van der Waals surface area contributed by atoms with Gasteiger partial charge in [-0.05, 0) is 36.4 Å². The fraction of sp³-hybridized carbons (Fsp3) is 0.286. The van der Waals surface area contributed by atoms with Crippen molar-refractivity contribution in [2.45, 2.75) is 6.54 Å². The highest BCUT2D eigenvalue weighted by Crippen LogP contribution is 2.29. The smallest absolute Gasteiger partial charge is 0.209 e. The number of nitrogens with zero attached hydrogens (tertiary/aromatic N) is 3. The van der Waals surface area contributed by atoms with Crippen LogP contribution in [0.4, 0.5) is 5.69 Å².